The minimum atomic E-state index is -4.46. The zero-order chi connectivity index (χ0) is 20.9. The number of urea groups is 1. The van der Waals surface area contributed by atoms with Gasteiger partial charge in [-0.1, -0.05) is 25.4 Å². The maximum atomic E-state index is 12.7. The third-order valence-electron chi connectivity index (χ3n) is 4.32. The van der Waals surface area contributed by atoms with Crippen molar-refractivity contribution in [1.29, 1.82) is 0 Å². The Balaban J connectivity index is 1.83. The standard InChI is InChI=1S/C17H23ClF3N5O2/c1-11(2)8-23-16(28)24-14(27)10-25-3-5-26(6-4-25)15-13(18)7-12(9-22-15)17(19,20)21/h7,9,11H,3-6,8,10H2,1-2H3,(H2,23,24,27,28)/p+2. The van der Waals surface area contributed by atoms with E-state index < -0.39 is 17.8 Å². The Kier molecular flexibility index (Phi) is 7.48. The lowest BCUT2D eigenvalue weighted by molar-refractivity contribution is -0.892. The fourth-order valence-electron chi connectivity index (χ4n) is 2.83. The molecule has 4 N–H and O–H groups in total. The van der Waals surface area contributed by atoms with Gasteiger partial charge in [-0.3, -0.25) is 10.1 Å². The highest BCUT2D eigenvalue weighted by molar-refractivity contribution is 6.32. The van der Waals surface area contributed by atoms with Crippen LogP contribution in [0.1, 0.15) is 19.4 Å². The molecule has 28 heavy (non-hydrogen) atoms. The molecule has 0 aromatic carbocycles. The molecule has 2 heterocycles. The molecule has 0 radical (unpaired) electrons. The summed E-state index contributed by atoms with van der Waals surface area (Å²) in [6.07, 6.45) is -3.57. The molecule has 0 spiro atoms. The van der Waals surface area contributed by atoms with Crippen LogP contribution in [0, 0.1) is 5.92 Å². The topological polar surface area (TPSA) is 80.0 Å². The van der Waals surface area contributed by atoms with Crippen molar-refractivity contribution in [3.8, 4) is 0 Å². The van der Waals surface area contributed by atoms with Crippen LogP contribution < -0.4 is 25.4 Å². The summed E-state index contributed by atoms with van der Waals surface area (Å²) in [5.74, 6) is 0.337. The highest BCUT2D eigenvalue weighted by Crippen LogP contribution is 2.31. The number of nitrogens with zero attached hydrogens (tertiary/aromatic N) is 1. The van der Waals surface area contributed by atoms with Crippen LogP contribution in [0.2, 0.25) is 5.02 Å². The normalized spacial score (nSPS) is 15.6. The number of hydrogen-bond donors (Lipinski definition) is 3. The molecule has 0 aliphatic carbocycles. The third-order valence-corrected chi connectivity index (χ3v) is 4.61. The smallest absolute Gasteiger partial charge is 0.338 e. The Morgan fingerprint density at radius 2 is 1.96 bits per heavy atom. The van der Waals surface area contributed by atoms with E-state index in [0.717, 1.165) is 17.2 Å². The molecule has 1 aliphatic rings. The second-order valence-corrected chi connectivity index (χ2v) is 7.56. The van der Waals surface area contributed by atoms with Crippen molar-refractivity contribution in [2.24, 2.45) is 5.92 Å². The number of hydrogen-bond acceptors (Lipinski definition) is 3. The molecule has 3 amide bonds. The SMILES string of the molecule is CC(C)CNC(=O)NC(=O)C[NH+]1CCN(c2[nH+]cc(C(F)(F)F)cc2Cl)CC1. The number of alkyl halides is 3. The largest absolute Gasteiger partial charge is 0.419 e. The fourth-order valence-corrected chi connectivity index (χ4v) is 3.12. The summed E-state index contributed by atoms with van der Waals surface area (Å²) in [6, 6.07) is 0.387. The van der Waals surface area contributed by atoms with Crippen LogP contribution in [0.15, 0.2) is 12.3 Å². The second-order valence-electron chi connectivity index (χ2n) is 7.15. The quantitative estimate of drug-likeness (QED) is 0.640. The zero-order valence-electron chi connectivity index (χ0n) is 15.8. The van der Waals surface area contributed by atoms with Gasteiger partial charge in [0.05, 0.1) is 5.56 Å². The summed E-state index contributed by atoms with van der Waals surface area (Å²) in [4.78, 5) is 29.0. The van der Waals surface area contributed by atoms with Crippen LogP contribution in [0.5, 0.6) is 0 Å². The van der Waals surface area contributed by atoms with Gasteiger partial charge in [-0.15, -0.1) is 0 Å². The van der Waals surface area contributed by atoms with Crippen LogP contribution in [0.3, 0.4) is 0 Å². The molecule has 0 unspecified atom stereocenters. The average molecular weight is 424 g/mol. The Morgan fingerprint density at radius 3 is 2.50 bits per heavy atom. The van der Waals surface area contributed by atoms with Crippen molar-refractivity contribution in [3.05, 3.63) is 22.8 Å². The van der Waals surface area contributed by atoms with E-state index in [9.17, 15) is 22.8 Å². The number of imide groups is 1. The summed E-state index contributed by atoms with van der Waals surface area (Å²) in [6.45, 7) is 6.74. The second kappa shape index (κ2) is 9.42. The molecule has 11 heteroatoms. The van der Waals surface area contributed by atoms with Crippen LogP contribution >= 0.6 is 11.6 Å². The number of aromatic amines is 1. The van der Waals surface area contributed by atoms with Gasteiger partial charge in [-0.2, -0.15) is 13.2 Å². The first kappa shape index (κ1) is 22.2. The number of aromatic nitrogens is 1. The van der Waals surface area contributed by atoms with Gasteiger partial charge < -0.3 is 10.2 Å². The maximum Gasteiger partial charge on any atom is 0.419 e. The molecule has 1 aliphatic heterocycles. The van der Waals surface area contributed by atoms with Gasteiger partial charge in [0.25, 0.3) is 11.7 Å². The molecule has 156 valence electrons. The number of halogens is 4. The van der Waals surface area contributed by atoms with Crippen LogP contribution in [0.4, 0.5) is 23.8 Å². The minimum absolute atomic E-state index is 0.00200. The zero-order valence-corrected chi connectivity index (χ0v) is 16.5. The number of carbonyl (C=O) groups excluding carboxylic acids is 2. The molecule has 2 rings (SSSR count). The highest BCUT2D eigenvalue weighted by Gasteiger charge is 2.35. The van der Waals surface area contributed by atoms with Gasteiger partial charge in [0.2, 0.25) is 0 Å². The number of amides is 3. The number of piperazine rings is 1. The van der Waals surface area contributed by atoms with Gasteiger partial charge in [0.15, 0.2) is 6.54 Å². The predicted octanol–water partition coefficient (Wildman–Crippen LogP) is 0.360. The Labute approximate surface area is 166 Å². The first-order valence-electron chi connectivity index (χ1n) is 9.01. The van der Waals surface area contributed by atoms with Crippen LogP contribution in [-0.2, 0) is 11.0 Å². The lowest BCUT2D eigenvalue weighted by atomic mass is 10.2. The average Bonchev–Trinajstić information content (AvgIpc) is 2.60. The van der Waals surface area contributed by atoms with Crippen molar-refractivity contribution in [1.82, 2.24) is 10.6 Å². The third kappa shape index (κ3) is 6.52. The van der Waals surface area contributed by atoms with Gasteiger partial charge in [-0.25, -0.2) is 14.7 Å². The molecule has 0 saturated carbocycles. The van der Waals surface area contributed by atoms with Crippen molar-refractivity contribution in [2.45, 2.75) is 20.0 Å². The number of nitrogens with one attached hydrogen (secondary N) is 4. The van der Waals surface area contributed by atoms with Gasteiger partial charge in [0, 0.05) is 6.54 Å². The molecular weight excluding hydrogens is 399 g/mol. The summed E-state index contributed by atoms with van der Waals surface area (Å²) in [7, 11) is 0. The Morgan fingerprint density at radius 1 is 1.32 bits per heavy atom. The molecule has 7 nitrogen and oxygen atoms in total. The van der Waals surface area contributed by atoms with Gasteiger partial charge >= 0.3 is 12.2 Å². The lowest BCUT2D eigenvalue weighted by Gasteiger charge is -2.28. The Bertz CT molecular complexity index is 707. The summed E-state index contributed by atoms with van der Waals surface area (Å²) in [5, 5.41) is 4.91. The van der Waals surface area contributed by atoms with Gasteiger partial charge in [0.1, 0.15) is 37.4 Å². The number of quaternary nitrogens is 1. The van der Waals surface area contributed by atoms with Crippen LogP contribution in [0.25, 0.3) is 0 Å². The van der Waals surface area contributed by atoms with Crippen molar-refractivity contribution in [3.63, 3.8) is 0 Å². The van der Waals surface area contributed by atoms with Crippen molar-refractivity contribution < 1.29 is 32.6 Å². The Hall–Kier alpha value is -2.07. The summed E-state index contributed by atoms with van der Waals surface area (Å²) >= 11 is 6.01. The maximum absolute atomic E-state index is 12.7. The van der Waals surface area contributed by atoms with Crippen molar-refractivity contribution >= 4 is 29.4 Å². The van der Waals surface area contributed by atoms with E-state index in [0.29, 0.717) is 38.5 Å². The van der Waals surface area contributed by atoms with Crippen molar-refractivity contribution in [2.75, 3.05) is 44.2 Å². The van der Waals surface area contributed by atoms with Crippen LogP contribution in [-0.4, -0.2) is 51.2 Å². The number of anilines is 1. The van der Waals surface area contributed by atoms with E-state index in [-0.39, 0.29) is 23.4 Å². The monoisotopic (exact) mass is 423 g/mol. The van der Waals surface area contributed by atoms with Gasteiger partial charge in [-0.05, 0) is 12.0 Å². The number of pyridine rings is 1. The highest BCUT2D eigenvalue weighted by atomic mass is 35.5. The molecular formula is C17H25ClF3N5O2+2. The van der Waals surface area contributed by atoms with E-state index in [1.165, 1.54) is 0 Å². The van der Waals surface area contributed by atoms with E-state index >= 15 is 0 Å². The number of carbonyl (C=O) groups is 2. The minimum Gasteiger partial charge on any atom is -0.338 e. The molecule has 0 atom stereocenters. The first-order valence-corrected chi connectivity index (χ1v) is 9.38. The molecule has 1 aromatic rings. The predicted molar refractivity (Wildman–Crippen MR) is 97.2 cm³/mol. The molecule has 0 bridgehead atoms. The van der Waals surface area contributed by atoms with E-state index in [1.807, 2.05) is 18.7 Å². The number of H-pyrrole nitrogens is 1. The summed E-state index contributed by atoms with van der Waals surface area (Å²) in [5.41, 5.74) is -0.835. The first-order chi connectivity index (χ1) is 13.1. The van der Waals surface area contributed by atoms with E-state index in [1.54, 1.807) is 0 Å². The fraction of sp³-hybridized carbons (Fsp3) is 0.588. The molecule has 1 aromatic heterocycles. The molecule has 1 saturated heterocycles. The molecule has 1 fully saturated rings. The summed E-state index contributed by atoms with van der Waals surface area (Å²) < 4.78 is 38.2. The van der Waals surface area contributed by atoms with E-state index in [2.05, 4.69) is 15.6 Å². The lowest BCUT2D eigenvalue weighted by Crippen LogP contribution is -3.16. The number of rotatable bonds is 5. The van der Waals surface area contributed by atoms with E-state index in [4.69, 9.17) is 11.6 Å².